The molecule has 0 aliphatic heterocycles. The molecule has 0 rings (SSSR count). The van der Waals surface area contributed by atoms with Gasteiger partial charge in [0.25, 0.3) is 0 Å². The van der Waals surface area contributed by atoms with E-state index in [0.29, 0.717) is 19.3 Å². The molecule has 1 unspecified atom stereocenters. The lowest BCUT2D eigenvalue weighted by Crippen LogP contribution is -2.30. The molecule has 1 atom stereocenters. The number of carbonyl (C=O) groups is 3. The number of ether oxygens (including phenoxy) is 3. The summed E-state index contributed by atoms with van der Waals surface area (Å²) in [6.45, 7) is 6.54. The van der Waals surface area contributed by atoms with Gasteiger partial charge in [0.05, 0.1) is 0 Å². The predicted molar refractivity (Wildman–Crippen MR) is 325 cm³/mol. The third-order valence-corrected chi connectivity index (χ3v) is 13.9. The molecule has 0 aromatic rings. The maximum atomic E-state index is 12.9. The van der Waals surface area contributed by atoms with Crippen molar-refractivity contribution in [2.24, 2.45) is 0 Å². The second-order valence-electron chi connectivity index (χ2n) is 21.3. The maximum absolute atomic E-state index is 12.9. The normalized spacial score (nSPS) is 12.6. The number of carbonyl (C=O) groups excluding carboxylic acids is 3. The molecule has 75 heavy (non-hydrogen) atoms. The summed E-state index contributed by atoms with van der Waals surface area (Å²) in [7, 11) is 0. The second-order valence-corrected chi connectivity index (χ2v) is 21.3. The predicted octanol–water partition coefficient (Wildman–Crippen LogP) is 21.9. The van der Waals surface area contributed by atoms with Crippen LogP contribution in [-0.4, -0.2) is 37.2 Å². The molecule has 0 saturated heterocycles. The first-order valence-electron chi connectivity index (χ1n) is 32.1. The van der Waals surface area contributed by atoms with Gasteiger partial charge in [0.15, 0.2) is 6.10 Å². The molecule has 0 heterocycles. The van der Waals surface area contributed by atoms with Crippen LogP contribution in [0.5, 0.6) is 0 Å². The Morgan fingerprint density at radius 1 is 0.280 bits per heavy atom. The zero-order chi connectivity index (χ0) is 54.3. The number of unbranched alkanes of at least 4 members (excludes halogenated alkanes) is 33. The van der Waals surface area contributed by atoms with E-state index in [0.717, 1.165) is 122 Å². The van der Waals surface area contributed by atoms with Crippen LogP contribution in [0.15, 0.2) is 85.1 Å². The van der Waals surface area contributed by atoms with E-state index in [1.54, 1.807) is 0 Å². The van der Waals surface area contributed by atoms with E-state index < -0.39 is 6.10 Å². The van der Waals surface area contributed by atoms with Crippen LogP contribution in [0.3, 0.4) is 0 Å². The zero-order valence-corrected chi connectivity index (χ0v) is 49.6. The first-order valence-corrected chi connectivity index (χ1v) is 32.1. The topological polar surface area (TPSA) is 78.9 Å². The van der Waals surface area contributed by atoms with Crippen molar-refractivity contribution in [1.82, 2.24) is 0 Å². The lowest BCUT2D eigenvalue weighted by molar-refractivity contribution is -0.167. The first kappa shape index (κ1) is 71.6. The van der Waals surface area contributed by atoms with Crippen molar-refractivity contribution in [3.05, 3.63) is 85.1 Å². The molecule has 0 fully saturated rings. The summed E-state index contributed by atoms with van der Waals surface area (Å²) in [5.74, 6) is -0.884. The summed E-state index contributed by atoms with van der Waals surface area (Å²) in [5.41, 5.74) is 0. The lowest BCUT2D eigenvalue weighted by Gasteiger charge is -2.18. The summed E-state index contributed by atoms with van der Waals surface area (Å²) in [6, 6.07) is 0. The molecule has 0 bridgehead atoms. The highest BCUT2D eigenvalue weighted by Crippen LogP contribution is 2.17. The van der Waals surface area contributed by atoms with E-state index in [2.05, 4.69) is 106 Å². The second kappa shape index (κ2) is 63.1. The van der Waals surface area contributed by atoms with Gasteiger partial charge in [-0.2, -0.15) is 0 Å². The van der Waals surface area contributed by atoms with Crippen molar-refractivity contribution in [2.45, 2.75) is 322 Å². The highest BCUT2D eigenvalue weighted by molar-refractivity contribution is 5.71. The summed E-state index contributed by atoms with van der Waals surface area (Å²) in [4.78, 5) is 38.2. The fourth-order valence-electron chi connectivity index (χ4n) is 9.13. The highest BCUT2D eigenvalue weighted by Gasteiger charge is 2.19. The minimum atomic E-state index is -0.782. The molecule has 0 amide bonds. The summed E-state index contributed by atoms with van der Waals surface area (Å²) >= 11 is 0. The molecule has 0 saturated carbocycles. The Bertz CT molecular complexity index is 1430. The largest absolute Gasteiger partial charge is 0.462 e. The molecule has 432 valence electrons. The molecule has 0 N–H and O–H groups in total. The number of hydrogen-bond donors (Lipinski definition) is 0. The summed E-state index contributed by atoms with van der Waals surface area (Å²) in [6.07, 6.45) is 83.0. The van der Waals surface area contributed by atoms with Crippen LogP contribution in [-0.2, 0) is 28.6 Å². The van der Waals surface area contributed by atoms with Crippen LogP contribution in [0.4, 0.5) is 0 Å². The maximum Gasteiger partial charge on any atom is 0.306 e. The van der Waals surface area contributed by atoms with Crippen molar-refractivity contribution in [1.29, 1.82) is 0 Å². The van der Waals surface area contributed by atoms with Gasteiger partial charge in [-0.05, 0) is 77.0 Å². The van der Waals surface area contributed by atoms with Crippen molar-refractivity contribution < 1.29 is 28.6 Å². The monoisotopic (exact) mass is 1040 g/mol. The summed E-state index contributed by atoms with van der Waals surface area (Å²) in [5, 5.41) is 0. The SMILES string of the molecule is CC/C=C\C/C=C\C/C=C\C/C=C\C/C=C\C/C=C\C/C=C\CCCCCCCC(=O)OCC(COC(=O)CCCCCCCCCCCCC)OC(=O)CCCCCCCCCCCCCCCCCCCCC. The zero-order valence-electron chi connectivity index (χ0n) is 49.6. The molecule has 0 spiro atoms. The van der Waals surface area contributed by atoms with E-state index in [9.17, 15) is 14.4 Å². The Kier molecular flexibility index (Phi) is 60.3. The fraction of sp³-hybridized carbons (Fsp3) is 0.754. The van der Waals surface area contributed by atoms with Crippen LogP contribution in [0.25, 0.3) is 0 Å². The van der Waals surface area contributed by atoms with Crippen molar-refractivity contribution in [2.75, 3.05) is 13.2 Å². The van der Waals surface area contributed by atoms with Crippen LogP contribution >= 0.6 is 0 Å². The van der Waals surface area contributed by atoms with Gasteiger partial charge in [0.1, 0.15) is 13.2 Å². The molecule has 0 aliphatic carbocycles. The smallest absolute Gasteiger partial charge is 0.306 e. The molecule has 0 aromatic carbocycles. The number of esters is 3. The van der Waals surface area contributed by atoms with Crippen LogP contribution in [0, 0.1) is 0 Å². The van der Waals surface area contributed by atoms with Crippen molar-refractivity contribution in [3.8, 4) is 0 Å². The van der Waals surface area contributed by atoms with Gasteiger partial charge >= 0.3 is 17.9 Å². The molecule has 0 radical (unpaired) electrons. The molecule has 0 aromatic heterocycles. The van der Waals surface area contributed by atoms with Crippen LogP contribution in [0.1, 0.15) is 316 Å². The summed E-state index contributed by atoms with van der Waals surface area (Å²) < 4.78 is 16.9. The number of rotatable bonds is 58. The van der Waals surface area contributed by atoms with Gasteiger partial charge in [-0.25, -0.2) is 0 Å². The third kappa shape index (κ3) is 61.3. The molecular weight excluding hydrogens is 925 g/mol. The molecule has 0 aliphatic rings. The molecular formula is C69H120O6. The Morgan fingerprint density at radius 3 is 0.813 bits per heavy atom. The van der Waals surface area contributed by atoms with Gasteiger partial charge in [0.2, 0.25) is 0 Å². The van der Waals surface area contributed by atoms with E-state index in [-0.39, 0.29) is 31.1 Å². The van der Waals surface area contributed by atoms with Crippen LogP contribution in [0.2, 0.25) is 0 Å². The number of allylic oxidation sites excluding steroid dienone is 14. The highest BCUT2D eigenvalue weighted by atomic mass is 16.6. The average molecular weight is 1050 g/mol. The Hall–Kier alpha value is -3.41. The van der Waals surface area contributed by atoms with Gasteiger partial charge in [-0.3, -0.25) is 14.4 Å². The number of hydrogen-bond acceptors (Lipinski definition) is 6. The minimum Gasteiger partial charge on any atom is -0.462 e. The van der Waals surface area contributed by atoms with Crippen molar-refractivity contribution >= 4 is 17.9 Å². The van der Waals surface area contributed by atoms with E-state index >= 15 is 0 Å². The van der Waals surface area contributed by atoms with Gasteiger partial charge in [0, 0.05) is 19.3 Å². The third-order valence-electron chi connectivity index (χ3n) is 13.9. The Labute approximate surface area is 465 Å². The first-order chi connectivity index (χ1) is 37.0. The van der Waals surface area contributed by atoms with Gasteiger partial charge < -0.3 is 14.2 Å². The van der Waals surface area contributed by atoms with E-state index in [4.69, 9.17) is 14.2 Å². The fourth-order valence-corrected chi connectivity index (χ4v) is 9.13. The van der Waals surface area contributed by atoms with Gasteiger partial charge in [-0.1, -0.05) is 305 Å². The Morgan fingerprint density at radius 2 is 0.520 bits per heavy atom. The molecule has 6 heteroatoms. The quantitative estimate of drug-likeness (QED) is 0.0261. The average Bonchev–Trinajstić information content (AvgIpc) is 3.41. The lowest BCUT2D eigenvalue weighted by atomic mass is 10.0. The minimum absolute atomic E-state index is 0.0785. The molecule has 6 nitrogen and oxygen atoms in total. The van der Waals surface area contributed by atoms with Crippen LogP contribution < -0.4 is 0 Å². The van der Waals surface area contributed by atoms with E-state index in [1.807, 2.05) is 0 Å². The van der Waals surface area contributed by atoms with Gasteiger partial charge in [-0.15, -0.1) is 0 Å². The van der Waals surface area contributed by atoms with E-state index in [1.165, 1.54) is 154 Å². The van der Waals surface area contributed by atoms with Crippen molar-refractivity contribution in [3.63, 3.8) is 0 Å². The Balaban J connectivity index is 4.31. The standard InChI is InChI=1S/C69H120O6/c1-4-7-10-13-16-19-22-24-26-28-30-31-32-33-34-35-36-37-39-40-42-44-47-50-53-56-59-62-68(71)74-65-66(64-73-67(70)61-58-55-52-49-46-21-18-15-12-9-6-3)75-69(72)63-60-57-54-51-48-45-43-41-38-29-27-25-23-20-17-14-11-8-5-2/h7,10,16,19,24,26,30-31,33-34,36-37,40,42,66H,4-6,8-9,11-15,17-18,20-23,25,27-29,32,35,38-39,41,43-65H2,1-3H3/b10-7-,19-16-,26-24-,31-30-,34-33-,37-36-,42-40-.